The lowest BCUT2D eigenvalue weighted by atomic mass is 10.1. The molecule has 0 fully saturated rings. The molecular weight excluding hydrogens is 245 g/mol. The molecule has 0 bridgehead atoms. The van der Waals surface area contributed by atoms with Gasteiger partial charge in [-0.1, -0.05) is 12.1 Å². The first-order chi connectivity index (χ1) is 9.06. The maximum atomic E-state index is 13.7. The van der Waals surface area contributed by atoms with E-state index in [1.807, 2.05) is 12.1 Å². The van der Waals surface area contributed by atoms with Crippen LogP contribution in [0.4, 0.5) is 15.8 Å². The third kappa shape index (κ3) is 3.22. The van der Waals surface area contributed by atoms with Crippen molar-refractivity contribution in [2.24, 2.45) is 5.73 Å². The summed E-state index contributed by atoms with van der Waals surface area (Å²) in [5.41, 5.74) is 12.8. The summed E-state index contributed by atoms with van der Waals surface area (Å²) in [7, 11) is 0. The minimum absolute atomic E-state index is 0.149. The third-order valence-electron chi connectivity index (χ3n) is 2.72. The number of anilines is 2. The summed E-state index contributed by atoms with van der Waals surface area (Å²) in [6.45, 7) is 0.465. The molecule has 1 amide bonds. The van der Waals surface area contributed by atoms with Crippen LogP contribution in [0.3, 0.4) is 0 Å². The zero-order valence-electron chi connectivity index (χ0n) is 10.2. The molecular formula is C14H14FN3O. The van der Waals surface area contributed by atoms with Gasteiger partial charge in [-0.2, -0.15) is 0 Å². The second-order valence-corrected chi connectivity index (χ2v) is 4.15. The number of amides is 1. The number of halogens is 1. The number of rotatable bonds is 4. The summed E-state index contributed by atoms with van der Waals surface area (Å²) in [6.07, 6.45) is 0. The van der Waals surface area contributed by atoms with Crippen molar-refractivity contribution in [3.05, 3.63) is 59.4 Å². The van der Waals surface area contributed by atoms with Crippen LogP contribution in [0.2, 0.25) is 0 Å². The van der Waals surface area contributed by atoms with Crippen molar-refractivity contribution in [1.82, 2.24) is 0 Å². The van der Waals surface area contributed by atoms with Crippen molar-refractivity contribution in [3.63, 3.8) is 0 Å². The molecule has 2 aromatic rings. The quantitative estimate of drug-likeness (QED) is 0.736. The maximum Gasteiger partial charge on any atom is 0.248 e. The predicted molar refractivity (Wildman–Crippen MR) is 73.1 cm³/mol. The lowest BCUT2D eigenvalue weighted by Gasteiger charge is -2.08. The van der Waals surface area contributed by atoms with Gasteiger partial charge in [0.2, 0.25) is 5.91 Å². The molecule has 0 aromatic heterocycles. The fourth-order valence-corrected chi connectivity index (χ4v) is 1.64. The lowest BCUT2D eigenvalue weighted by molar-refractivity contribution is 0.1000. The van der Waals surface area contributed by atoms with E-state index in [-0.39, 0.29) is 5.56 Å². The number of benzene rings is 2. The second kappa shape index (κ2) is 5.39. The summed E-state index contributed by atoms with van der Waals surface area (Å²) < 4.78 is 13.7. The van der Waals surface area contributed by atoms with Crippen LogP contribution in [0.5, 0.6) is 0 Å². The van der Waals surface area contributed by atoms with E-state index in [2.05, 4.69) is 5.32 Å². The lowest BCUT2D eigenvalue weighted by Crippen LogP contribution is -2.11. The Morgan fingerprint density at radius 2 is 1.84 bits per heavy atom. The van der Waals surface area contributed by atoms with E-state index in [4.69, 9.17) is 11.5 Å². The van der Waals surface area contributed by atoms with Crippen LogP contribution in [-0.4, -0.2) is 5.91 Å². The molecule has 5 heteroatoms. The van der Waals surface area contributed by atoms with E-state index >= 15 is 0 Å². The SMILES string of the molecule is NC(=O)c1ccc(NCc2ccc(N)cc2)c(F)c1. The number of nitrogen functional groups attached to an aromatic ring is 1. The van der Waals surface area contributed by atoms with E-state index in [0.29, 0.717) is 17.9 Å². The molecule has 2 rings (SSSR count). The standard InChI is InChI=1S/C14H14FN3O/c15-12-7-10(14(17)19)3-6-13(12)18-8-9-1-4-11(16)5-2-9/h1-7,18H,8,16H2,(H2,17,19). The van der Waals surface area contributed by atoms with E-state index in [9.17, 15) is 9.18 Å². The molecule has 0 aliphatic rings. The zero-order chi connectivity index (χ0) is 13.8. The van der Waals surface area contributed by atoms with Crippen LogP contribution in [0, 0.1) is 5.82 Å². The van der Waals surface area contributed by atoms with Crippen molar-refractivity contribution in [2.45, 2.75) is 6.54 Å². The van der Waals surface area contributed by atoms with Crippen LogP contribution < -0.4 is 16.8 Å². The first-order valence-electron chi connectivity index (χ1n) is 5.74. The van der Waals surface area contributed by atoms with Crippen molar-refractivity contribution >= 4 is 17.3 Å². The Morgan fingerprint density at radius 1 is 1.16 bits per heavy atom. The zero-order valence-corrected chi connectivity index (χ0v) is 10.2. The summed E-state index contributed by atoms with van der Waals surface area (Å²) in [5.74, 6) is -1.16. The minimum Gasteiger partial charge on any atom is -0.399 e. The smallest absolute Gasteiger partial charge is 0.248 e. The van der Waals surface area contributed by atoms with Crippen molar-refractivity contribution < 1.29 is 9.18 Å². The number of nitrogens with one attached hydrogen (secondary N) is 1. The van der Waals surface area contributed by atoms with E-state index in [1.54, 1.807) is 12.1 Å². The number of nitrogens with two attached hydrogens (primary N) is 2. The molecule has 98 valence electrons. The predicted octanol–water partition coefficient (Wildman–Crippen LogP) is 2.12. The fraction of sp³-hybridized carbons (Fsp3) is 0.0714. The van der Waals surface area contributed by atoms with Gasteiger partial charge in [0.05, 0.1) is 5.69 Å². The van der Waals surface area contributed by atoms with Gasteiger partial charge in [0, 0.05) is 17.8 Å². The Balaban J connectivity index is 2.07. The molecule has 0 saturated carbocycles. The summed E-state index contributed by atoms with van der Waals surface area (Å²) >= 11 is 0. The highest BCUT2D eigenvalue weighted by molar-refractivity contribution is 5.93. The van der Waals surface area contributed by atoms with Gasteiger partial charge in [-0.3, -0.25) is 4.79 Å². The number of carbonyl (C=O) groups is 1. The molecule has 19 heavy (non-hydrogen) atoms. The topological polar surface area (TPSA) is 81.1 Å². The molecule has 0 saturated heterocycles. The molecule has 0 atom stereocenters. The molecule has 5 N–H and O–H groups in total. The Morgan fingerprint density at radius 3 is 2.42 bits per heavy atom. The molecule has 0 heterocycles. The molecule has 0 spiro atoms. The molecule has 0 aliphatic heterocycles. The van der Waals surface area contributed by atoms with Crippen LogP contribution in [-0.2, 0) is 6.54 Å². The van der Waals surface area contributed by atoms with Gasteiger partial charge in [0.15, 0.2) is 0 Å². The van der Waals surface area contributed by atoms with Gasteiger partial charge >= 0.3 is 0 Å². The summed E-state index contributed by atoms with van der Waals surface area (Å²) in [5, 5.41) is 2.95. The van der Waals surface area contributed by atoms with Crippen LogP contribution >= 0.6 is 0 Å². The summed E-state index contributed by atoms with van der Waals surface area (Å²) in [4.78, 5) is 10.9. The number of hydrogen-bond donors (Lipinski definition) is 3. The molecule has 2 aromatic carbocycles. The van der Waals surface area contributed by atoms with Crippen LogP contribution in [0.15, 0.2) is 42.5 Å². The number of hydrogen-bond acceptors (Lipinski definition) is 3. The largest absolute Gasteiger partial charge is 0.399 e. The van der Waals surface area contributed by atoms with Gasteiger partial charge < -0.3 is 16.8 Å². The average Bonchev–Trinajstić information content (AvgIpc) is 2.39. The molecule has 0 aliphatic carbocycles. The molecule has 0 unspecified atom stereocenters. The van der Waals surface area contributed by atoms with E-state index in [1.165, 1.54) is 12.1 Å². The monoisotopic (exact) mass is 259 g/mol. The molecule has 0 radical (unpaired) electrons. The maximum absolute atomic E-state index is 13.7. The first kappa shape index (κ1) is 12.9. The molecule has 4 nitrogen and oxygen atoms in total. The normalized spacial score (nSPS) is 10.2. The van der Waals surface area contributed by atoms with Crippen LogP contribution in [0.25, 0.3) is 0 Å². The van der Waals surface area contributed by atoms with Crippen molar-refractivity contribution in [1.29, 1.82) is 0 Å². The van der Waals surface area contributed by atoms with Gasteiger partial charge in [-0.15, -0.1) is 0 Å². The van der Waals surface area contributed by atoms with Crippen molar-refractivity contribution in [2.75, 3.05) is 11.1 Å². The highest BCUT2D eigenvalue weighted by atomic mass is 19.1. The van der Waals surface area contributed by atoms with Gasteiger partial charge in [-0.25, -0.2) is 4.39 Å². The number of primary amides is 1. The minimum atomic E-state index is -0.649. The highest BCUT2D eigenvalue weighted by Gasteiger charge is 2.06. The van der Waals surface area contributed by atoms with E-state index < -0.39 is 11.7 Å². The highest BCUT2D eigenvalue weighted by Crippen LogP contribution is 2.17. The van der Waals surface area contributed by atoms with E-state index in [0.717, 1.165) is 11.6 Å². The van der Waals surface area contributed by atoms with Crippen LogP contribution in [0.1, 0.15) is 15.9 Å². The average molecular weight is 259 g/mol. The first-order valence-corrected chi connectivity index (χ1v) is 5.74. The number of carbonyl (C=O) groups excluding carboxylic acids is 1. The fourth-order valence-electron chi connectivity index (χ4n) is 1.64. The Hall–Kier alpha value is -2.56. The van der Waals surface area contributed by atoms with Gasteiger partial charge in [-0.05, 0) is 35.9 Å². The third-order valence-corrected chi connectivity index (χ3v) is 2.72. The summed E-state index contributed by atoms with van der Waals surface area (Å²) in [6, 6.07) is 11.4. The van der Waals surface area contributed by atoms with Gasteiger partial charge in [0.25, 0.3) is 0 Å². The van der Waals surface area contributed by atoms with Crippen molar-refractivity contribution in [3.8, 4) is 0 Å². The second-order valence-electron chi connectivity index (χ2n) is 4.15. The Labute approximate surface area is 110 Å². The Bertz CT molecular complexity index is 596. The van der Waals surface area contributed by atoms with Gasteiger partial charge in [0.1, 0.15) is 5.82 Å². The Kier molecular flexibility index (Phi) is 3.66.